The molecule has 1 saturated heterocycles. The maximum atomic E-state index is 11.5. The zero-order valence-electron chi connectivity index (χ0n) is 9.87. The van der Waals surface area contributed by atoms with Crippen LogP contribution in [0.15, 0.2) is 16.7 Å². The second-order valence-corrected chi connectivity index (χ2v) is 7.46. The fourth-order valence-electron chi connectivity index (χ4n) is 1.96. The van der Waals surface area contributed by atoms with E-state index in [0.29, 0.717) is 16.7 Å². The van der Waals surface area contributed by atoms with Crippen LogP contribution in [-0.4, -0.2) is 35.9 Å². The molecule has 2 rings (SSSR count). The fourth-order valence-corrected chi connectivity index (χ4v) is 4.05. The molecule has 1 aromatic rings. The first-order valence-corrected chi connectivity index (χ1v) is 8.26. The largest absolute Gasteiger partial charge is 0.365 e. The Morgan fingerprint density at radius 3 is 2.84 bits per heavy atom. The molecule has 7 nitrogen and oxygen atoms in total. The molecule has 0 aliphatic carbocycles. The lowest BCUT2D eigenvalue weighted by Crippen LogP contribution is -2.35. The van der Waals surface area contributed by atoms with Crippen molar-refractivity contribution in [2.75, 3.05) is 16.8 Å². The SMILES string of the molecule is O=[N+]([O-])c1cnc(NC2CCCS(=O)(=O)C2)c(Br)c1. The first-order valence-electron chi connectivity index (χ1n) is 5.64. The van der Waals surface area contributed by atoms with E-state index in [4.69, 9.17) is 0 Å². The first-order chi connectivity index (χ1) is 8.87. The van der Waals surface area contributed by atoms with Gasteiger partial charge in [-0.3, -0.25) is 10.1 Å². The van der Waals surface area contributed by atoms with Gasteiger partial charge >= 0.3 is 0 Å². The molecule has 104 valence electrons. The smallest absolute Gasteiger partial charge is 0.288 e. The van der Waals surface area contributed by atoms with E-state index in [9.17, 15) is 18.5 Å². The molecule has 0 radical (unpaired) electrons. The zero-order valence-corrected chi connectivity index (χ0v) is 12.3. The summed E-state index contributed by atoms with van der Waals surface area (Å²) in [6.45, 7) is 0. The molecule has 1 aromatic heterocycles. The molecule has 9 heteroatoms. The van der Waals surface area contributed by atoms with E-state index in [0.717, 1.165) is 12.6 Å². The Labute approximate surface area is 118 Å². The van der Waals surface area contributed by atoms with Crippen LogP contribution in [0.25, 0.3) is 0 Å². The number of nitro groups is 1. The Morgan fingerprint density at radius 2 is 2.26 bits per heavy atom. The van der Waals surface area contributed by atoms with Crippen molar-refractivity contribution in [1.29, 1.82) is 0 Å². The van der Waals surface area contributed by atoms with Crippen molar-refractivity contribution in [1.82, 2.24) is 4.98 Å². The first kappa shape index (κ1) is 14.2. The van der Waals surface area contributed by atoms with Crippen molar-refractivity contribution in [2.24, 2.45) is 0 Å². The van der Waals surface area contributed by atoms with Gasteiger partial charge in [0.2, 0.25) is 0 Å². The van der Waals surface area contributed by atoms with Gasteiger partial charge < -0.3 is 5.32 Å². The van der Waals surface area contributed by atoms with E-state index in [1.165, 1.54) is 6.07 Å². The molecule has 1 unspecified atom stereocenters. The van der Waals surface area contributed by atoms with Crippen molar-refractivity contribution in [3.63, 3.8) is 0 Å². The van der Waals surface area contributed by atoms with Crippen LogP contribution < -0.4 is 5.32 Å². The van der Waals surface area contributed by atoms with Crippen LogP contribution in [0.3, 0.4) is 0 Å². The molecule has 1 atom stereocenters. The third kappa shape index (κ3) is 3.63. The Bertz CT molecular complexity index is 605. The minimum Gasteiger partial charge on any atom is -0.365 e. The summed E-state index contributed by atoms with van der Waals surface area (Å²) in [4.78, 5) is 14.0. The van der Waals surface area contributed by atoms with Crippen LogP contribution in [0.1, 0.15) is 12.8 Å². The quantitative estimate of drug-likeness (QED) is 0.658. The van der Waals surface area contributed by atoms with Crippen LogP contribution in [0, 0.1) is 10.1 Å². The van der Waals surface area contributed by atoms with E-state index in [-0.39, 0.29) is 23.2 Å². The van der Waals surface area contributed by atoms with Crippen molar-refractivity contribution >= 4 is 37.3 Å². The average molecular weight is 350 g/mol. The lowest BCUT2D eigenvalue weighted by Gasteiger charge is -2.23. The van der Waals surface area contributed by atoms with Gasteiger partial charge in [0.25, 0.3) is 5.69 Å². The second kappa shape index (κ2) is 5.41. The zero-order chi connectivity index (χ0) is 14.0. The van der Waals surface area contributed by atoms with Gasteiger partial charge in [0.05, 0.1) is 20.9 Å². The predicted octanol–water partition coefficient (Wildman–Crippen LogP) is 1.74. The lowest BCUT2D eigenvalue weighted by atomic mass is 10.2. The Kier molecular flexibility index (Phi) is 4.04. The van der Waals surface area contributed by atoms with Gasteiger partial charge in [0.1, 0.15) is 12.0 Å². The van der Waals surface area contributed by atoms with E-state index in [1.807, 2.05) is 0 Å². The maximum absolute atomic E-state index is 11.5. The van der Waals surface area contributed by atoms with Crippen molar-refractivity contribution in [2.45, 2.75) is 18.9 Å². The molecule has 1 N–H and O–H groups in total. The number of pyridine rings is 1. The molecule has 1 fully saturated rings. The Balaban J connectivity index is 2.13. The van der Waals surface area contributed by atoms with Gasteiger partial charge in [0.15, 0.2) is 9.84 Å². The summed E-state index contributed by atoms with van der Waals surface area (Å²) in [6.07, 6.45) is 2.50. The molecular formula is C10H12BrN3O4S. The number of hydrogen-bond acceptors (Lipinski definition) is 6. The molecule has 1 aliphatic heterocycles. The van der Waals surface area contributed by atoms with Gasteiger partial charge in [-0.1, -0.05) is 0 Å². The number of nitrogens with zero attached hydrogens (tertiary/aromatic N) is 2. The molecule has 0 amide bonds. The molecule has 0 saturated carbocycles. The minimum atomic E-state index is -3.00. The summed E-state index contributed by atoms with van der Waals surface area (Å²) >= 11 is 3.19. The number of rotatable bonds is 3. The monoisotopic (exact) mass is 349 g/mol. The topological polar surface area (TPSA) is 102 Å². The third-order valence-corrected chi connectivity index (χ3v) is 5.27. The van der Waals surface area contributed by atoms with E-state index >= 15 is 0 Å². The molecule has 19 heavy (non-hydrogen) atoms. The van der Waals surface area contributed by atoms with Gasteiger partial charge in [-0.05, 0) is 28.8 Å². The van der Waals surface area contributed by atoms with Crippen LogP contribution in [0.4, 0.5) is 11.5 Å². The highest BCUT2D eigenvalue weighted by Gasteiger charge is 2.25. The van der Waals surface area contributed by atoms with E-state index in [2.05, 4.69) is 26.2 Å². The number of nitrogens with one attached hydrogen (secondary N) is 1. The van der Waals surface area contributed by atoms with Crippen LogP contribution >= 0.6 is 15.9 Å². The average Bonchev–Trinajstić information content (AvgIpc) is 2.30. The number of anilines is 1. The summed E-state index contributed by atoms with van der Waals surface area (Å²) < 4.78 is 23.5. The van der Waals surface area contributed by atoms with Crippen LogP contribution in [-0.2, 0) is 9.84 Å². The molecular weight excluding hydrogens is 338 g/mol. The summed E-state index contributed by atoms with van der Waals surface area (Å²) in [5, 5.41) is 13.6. The standard InChI is InChI=1S/C10H12BrN3O4S/c11-9-4-8(14(15)16)5-12-10(9)13-7-2-1-3-19(17,18)6-7/h4-5,7H,1-3,6H2,(H,12,13). The third-order valence-electron chi connectivity index (χ3n) is 2.84. The van der Waals surface area contributed by atoms with Crippen molar-refractivity contribution in [3.8, 4) is 0 Å². The van der Waals surface area contributed by atoms with Crippen molar-refractivity contribution in [3.05, 3.63) is 26.9 Å². The van der Waals surface area contributed by atoms with E-state index < -0.39 is 14.8 Å². The van der Waals surface area contributed by atoms with Crippen LogP contribution in [0.5, 0.6) is 0 Å². The maximum Gasteiger partial charge on any atom is 0.288 e. The highest BCUT2D eigenvalue weighted by Crippen LogP contribution is 2.26. The molecule has 1 aliphatic rings. The second-order valence-electron chi connectivity index (χ2n) is 4.38. The molecule has 0 spiro atoms. The fraction of sp³-hybridized carbons (Fsp3) is 0.500. The normalized spacial score (nSPS) is 21.8. The highest BCUT2D eigenvalue weighted by molar-refractivity contribution is 9.10. The minimum absolute atomic E-state index is 0.0676. The van der Waals surface area contributed by atoms with Gasteiger partial charge in [-0.25, -0.2) is 13.4 Å². The Hall–Kier alpha value is -1.22. The summed E-state index contributed by atoms with van der Waals surface area (Å²) in [5.74, 6) is 0.714. The lowest BCUT2D eigenvalue weighted by molar-refractivity contribution is -0.385. The van der Waals surface area contributed by atoms with Gasteiger partial charge in [0, 0.05) is 12.1 Å². The Morgan fingerprint density at radius 1 is 1.53 bits per heavy atom. The van der Waals surface area contributed by atoms with Crippen LogP contribution in [0.2, 0.25) is 0 Å². The van der Waals surface area contributed by atoms with Crippen molar-refractivity contribution < 1.29 is 13.3 Å². The highest BCUT2D eigenvalue weighted by atomic mass is 79.9. The van der Waals surface area contributed by atoms with Gasteiger partial charge in [-0.15, -0.1) is 0 Å². The van der Waals surface area contributed by atoms with E-state index in [1.54, 1.807) is 0 Å². The predicted molar refractivity (Wildman–Crippen MR) is 73.9 cm³/mol. The number of sulfone groups is 1. The summed E-state index contributed by atoms with van der Waals surface area (Å²) in [7, 11) is -3.00. The molecule has 0 bridgehead atoms. The number of aromatic nitrogens is 1. The molecule has 2 heterocycles. The summed E-state index contributed by atoms with van der Waals surface area (Å²) in [6, 6.07) is 1.14. The molecule has 0 aromatic carbocycles. The van der Waals surface area contributed by atoms with Gasteiger partial charge in [-0.2, -0.15) is 0 Å². The number of halogens is 1. The summed E-state index contributed by atoms with van der Waals surface area (Å²) in [5.41, 5.74) is -0.117. The number of hydrogen-bond donors (Lipinski definition) is 1.